The molecule has 2 rings (SSSR count). The summed E-state index contributed by atoms with van der Waals surface area (Å²) in [6.45, 7) is 4.36. The lowest BCUT2D eigenvalue weighted by Gasteiger charge is -2.26. The summed E-state index contributed by atoms with van der Waals surface area (Å²) in [4.78, 5) is 2.37. The summed E-state index contributed by atoms with van der Waals surface area (Å²) in [6, 6.07) is 0.808. The fourth-order valence-corrected chi connectivity index (χ4v) is 2.19. The average molecular weight is 200 g/mol. The van der Waals surface area contributed by atoms with Crippen molar-refractivity contribution in [2.75, 3.05) is 40.0 Å². The molecular weight excluding hydrogens is 180 g/mol. The maximum Gasteiger partial charge on any atom is 0.0622 e. The Morgan fingerprint density at radius 1 is 1.29 bits per heavy atom. The van der Waals surface area contributed by atoms with Crippen LogP contribution in [-0.4, -0.2) is 57.0 Å². The van der Waals surface area contributed by atoms with Gasteiger partial charge in [0, 0.05) is 31.2 Å². The average Bonchev–Trinajstić information content (AvgIpc) is 2.77. The summed E-state index contributed by atoms with van der Waals surface area (Å²) in [7, 11) is 2.16. The number of hydrogen-bond acceptors (Lipinski definition) is 4. The highest BCUT2D eigenvalue weighted by Crippen LogP contribution is 2.17. The molecule has 0 saturated carbocycles. The SMILES string of the molecule is CN(CC1COCC1N)C1CCOC1. The van der Waals surface area contributed by atoms with E-state index in [0.29, 0.717) is 12.0 Å². The summed E-state index contributed by atoms with van der Waals surface area (Å²) in [5.41, 5.74) is 5.94. The van der Waals surface area contributed by atoms with Gasteiger partial charge in [-0.05, 0) is 13.5 Å². The molecule has 0 radical (unpaired) electrons. The van der Waals surface area contributed by atoms with Crippen LogP contribution in [0.2, 0.25) is 0 Å². The van der Waals surface area contributed by atoms with Crippen molar-refractivity contribution in [3.8, 4) is 0 Å². The molecule has 0 spiro atoms. The number of nitrogens with two attached hydrogens (primary N) is 1. The van der Waals surface area contributed by atoms with Crippen molar-refractivity contribution in [1.82, 2.24) is 4.90 Å². The van der Waals surface area contributed by atoms with Crippen molar-refractivity contribution >= 4 is 0 Å². The Balaban J connectivity index is 1.78. The Bertz CT molecular complexity index is 183. The van der Waals surface area contributed by atoms with Crippen molar-refractivity contribution in [3.63, 3.8) is 0 Å². The largest absolute Gasteiger partial charge is 0.380 e. The standard InChI is InChI=1S/C10H20N2O2/c1-12(9-2-3-13-6-9)4-8-5-14-7-10(8)11/h8-10H,2-7,11H2,1H3. The summed E-state index contributed by atoms with van der Waals surface area (Å²) in [5, 5.41) is 0. The first-order valence-corrected chi connectivity index (χ1v) is 5.38. The molecule has 2 heterocycles. The van der Waals surface area contributed by atoms with Crippen molar-refractivity contribution in [2.45, 2.75) is 18.5 Å². The first-order chi connectivity index (χ1) is 6.77. The van der Waals surface area contributed by atoms with Crippen LogP contribution in [0.15, 0.2) is 0 Å². The second-order valence-corrected chi connectivity index (χ2v) is 4.42. The van der Waals surface area contributed by atoms with E-state index in [-0.39, 0.29) is 6.04 Å². The number of likely N-dealkylation sites (N-methyl/N-ethyl adjacent to an activating group) is 1. The smallest absolute Gasteiger partial charge is 0.0622 e. The van der Waals surface area contributed by atoms with Gasteiger partial charge in [-0.15, -0.1) is 0 Å². The minimum atomic E-state index is 0.222. The van der Waals surface area contributed by atoms with Crippen molar-refractivity contribution in [3.05, 3.63) is 0 Å². The van der Waals surface area contributed by atoms with Gasteiger partial charge in [-0.3, -0.25) is 0 Å². The van der Waals surface area contributed by atoms with Gasteiger partial charge in [-0.25, -0.2) is 0 Å². The predicted molar refractivity (Wildman–Crippen MR) is 54.1 cm³/mol. The first-order valence-electron chi connectivity index (χ1n) is 5.38. The van der Waals surface area contributed by atoms with E-state index in [4.69, 9.17) is 15.2 Å². The molecule has 0 aromatic rings. The van der Waals surface area contributed by atoms with Gasteiger partial charge in [0.2, 0.25) is 0 Å². The highest BCUT2D eigenvalue weighted by atomic mass is 16.5. The van der Waals surface area contributed by atoms with Crippen LogP contribution in [0.4, 0.5) is 0 Å². The van der Waals surface area contributed by atoms with Crippen LogP contribution in [0, 0.1) is 5.92 Å². The van der Waals surface area contributed by atoms with E-state index in [2.05, 4.69) is 11.9 Å². The molecule has 2 fully saturated rings. The van der Waals surface area contributed by atoms with Gasteiger partial charge in [-0.2, -0.15) is 0 Å². The Morgan fingerprint density at radius 2 is 2.14 bits per heavy atom. The molecule has 0 amide bonds. The van der Waals surface area contributed by atoms with E-state index in [9.17, 15) is 0 Å². The summed E-state index contributed by atoms with van der Waals surface area (Å²) in [6.07, 6.45) is 1.15. The molecule has 0 aromatic heterocycles. The lowest BCUT2D eigenvalue weighted by atomic mass is 10.0. The summed E-state index contributed by atoms with van der Waals surface area (Å²) < 4.78 is 10.7. The molecule has 4 nitrogen and oxygen atoms in total. The number of hydrogen-bond donors (Lipinski definition) is 1. The Labute approximate surface area is 85.3 Å². The maximum atomic E-state index is 5.94. The molecule has 14 heavy (non-hydrogen) atoms. The van der Waals surface area contributed by atoms with Gasteiger partial charge in [0.15, 0.2) is 0 Å². The van der Waals surface area contributed by atoms with Crippen LogP contribution in [-0.2, 0) is 9.47 Å². The van der Waals surface area contributed by atoms with E-state index in [1.165, 1.54) is 0 Å². The molecule has 0 aromatic carbocycles. The topological polar surface area (TPSA) is 47.7 Å². The van der Waals surface area contributed by atoms with Crippen molar-refractivity contribution in [1.29, 1.82) is 0 Å². The van der Waals surface area contributed by atoms with Gasteiger partial charge in [0.25, 0.3) is 0 Å². The molecule has 2 N–H and O–H groups in total. The molecule has 0 aliphatic carbocycles. The maximum absolute atomic E-state index is 5.94. The molecule has 2 aliphatic heterocycles. The van der Waals surface area contributed by atoms with E-state index >= 15 is 0 Å². The van der Waals surface area contributed by atoms with Gasteiger partial charge in [-0.1, -0.05) is 0 Å². The molecule has 2 saturated heterocycles. The third-order valence-electron chi connectivity index (χ3n) is 3.30. The quantitative estimate of drug-likeness (QED) is 0.678. The van der Waals surface area contributed by atoms with Crippen LogP contribution in [0.25, 0.3) is 0 Å². The van der Waals surface area contributed by atoms with Gasteiger partial charge < -0.3 is 20.1 Å². The Hall–Kier alpha value is -0.160. The molecule has 3 atom stereocenters. The van der Waals surface area contributed by atoms with Crippen LogP contribution < -0.4 is 5.73 Å². The molecule has 2 aliphatic rings. The number of ether oxygens (including phenoxy) is 2. The van der Waals surface area contributed by atoms with Crippen molar-refractivity contribution < 1.29 is 9.47 Å². The summed E-state index contributed by atoms with van der Waals surface area (Å²) in [5.74, 6) is 0.501. The van der Waals surface area contributed by atoms with Crippen LogP contribution >= 0.6 is 0 Å². The normalized spacial score (nSPS) is 38.4. The second-order valence-electron chi connectivity index (χ2n) is 4.42. The first kappa shape index (κ1) is 10.4. The zero-order valence-electron chi connectivity index (χ0n) is 8.82. The lowest BCUT2D eigenvalue weighted by Crippen LogP contribution is -2.41. The van der Waals surface area contributed by atoms with E-state index < -0.39 is 0 Å². The molecule has 4 heteroatoms. The Kier molecular flexibility index (Phi) is 3.38. The zero-order valence-corrected chi connectivity index (χ0v) is 8.82. The van der Waals surface area contributed by atoms with Crippen LogP contribution in [0.1, 0.15) is 6.42 Å². The highest BCUT2D eigenvalue weighted by molar-refractivity contribution is 4.83. The molecule has 3 unspecified atom stereocenters. The lowest BCUT2D eigenvalue weighted by molar-refractivity contribution is 0.138. The van der Waals surface area contributed by atoms with E-state index in [0.717, 1.165) is 39.4 Å². The van der Waals surface area contributed by atoms with Crippen molar-refractivity contribution in [2.24, 2.45) is 11.7 Å². The minimum Gasteiger partial charge on any atom is -0.380 e. The highest BCUT2D eigenvalue weighted by Gasteiger charge is 2.29. The minimum absolute atomic E-state index is 0.222. The number of nitrogens with zero attached hydrogens (tertiary/aromatic N) is 1. The van der Waals surface area contributed by atoms with Gasteiger partial charge >= 0.3 is 0 Å². The van der Waals surface area contributed by atoms with E-state index in [1.807, 2.05) is 0 Å². The fraction of sp³-hybridized carbons (Fsp3) is 1.00. The van der Waals surface area contributed by atoms with Crippen LogP contribution in [0.5, 0.6) is 0 Å². The summed E-state index contributed by atoms with van der Waals surface area (Å²) >= 11 is 0. The second kappa shape index (κ2) is 4.57. The molecular formula is C10H20N2O2. The van der Waals surface area contributed by atoms with E-state index in [1.54, 1.807) is 0 Å². The predicted octanol–water partition coefficient (Wildman–Crippen LogP) is -0.319. The number of rotatable bonds is 3. The third kappa shape index (κ3) is 2.25. The fourth-order valence-electron chi connectivity index (χ4n) is 2.19. The van der Waals surface area contributed by atoms with Crippen LogP contribution in [0.3, 0.4) is 0 Å². The molecule has 0 bridgehead atoms. The third-order valence-corrected chi connectivity index (χ3v) is 3.30. The zero-order chi connectivity index (χ0) is 9.97. The van der Waals surface area contributed by atoms with Gasteiger partial charge in [0.05, 0.1) is 19.8 Å². The van der Waals surface area contributed by atoms with Gasteiger partial charge in [0.1, 0.15) is 0 Å². The monoisotopic (exact) mass is 200 g/mol. The molecule has 82 valence electrons. The Morgan fingerprint density at radius 3 is 2.71 bits per heavy atom.